The minimum Gasteiger partial charge on any atom is -0.496 e. The highest BCUT2D eigenvalue weighted by Gasteiger charge is 2.32. The maximum atomic E-state index is 13.7. The molecular formula is C27H32F3N5O3. The lowest BCUT2D eigenvalue weighted by Gasteiger charge is -2.31. The maximum Gasteiger partial charge on any atom is 0.416 e. The molecule has 1 aliphatic rings. The molecule has 2 N–H and O–H groups in total. The van der Waals surface area contributed by atoms with E-state index in [0.717, 1.165) is 25.0 Å². The lowest BCUT2D eigenvalue weighted by Crippen LogP contribution is -2.48. The molecule has 1 fully saturated rings. The van der Waals surface area contributed by atoms with Crippen LogP contribution in [0, 0.1) is 17.4 Å². The quantitative estimate of drug-likeness (QED) is 0.118. The van der Waals surface area contributed by atoms with Crippen molar-refractivity contribution >= 4 is 11.9 Å². The first kappa shape index (κ1) is 28.8. The number of carbonyl (C=O) groups excluding carboxylic acids is 1. The number of hydrogen-bond acceptors (Lipinski definition) is 6. The summed E-state index contributed by atoms with van der Waals surface area (Å²) in [7, 11) is 1.47. The number of ether oxygens (including phenoxy) is 2. The summed E-state index contributed by atoms with van der Waals surface area (Å²) in [6.45, 7) is 4.60. The Bertz CT molecular complexity index is 1210. The van der Waals surface area contributed by atoms with E-state index in [-0.39, 0.29) is 25.5 Å². The molecule has 0 amide bonds. The number of nitrogens with zero attached hydrogens (tertiary/aromatic N) is 4. The molecule has 0 atom stereocenters. The summed E-state index contributed by atoms with van der Waals surface area (Å²) in [6.07, 6.45) is -0.742. The van der Waals surface area contributed by atoms with E-state index in [2.05, 4.69) is 4.99 Å². The number of aliphatic imine (C=N–C) groups is 1. The standard InChI is InChI=1S/C27H32F3N5O3/c1-4-34(26(33-17-31)35(32)15-18-6-7-18)16-20-14-21(27(28,29)30)9-10-22(20)23-12-19(8-11-24(23)37-3)13-25(36)38-5-2/h8-12,14,18H,4-7,13,15-16,32H2,1-3H3. The van der Waals surface area contributed by atoms with E-state index in [4.69, 9.17) is 15.3 Å². The summed E-state index contributed by atoms with van der Waals surface area (Å²) < 4.78 is 51.7. The van der Waals surface area contributed by atoms with Gasteiger partial charge in [0.25, 0.3) is 0 Å². The normalized spacial score (nSPS) is 13.6. The molecule has 38 heavy (non-hydrogen) atoms. The van der Waals surface area contributed by atoms with Crippen molar-refractivity contribution in [2.24, 2.45) is 16.8 Å². The molecule has 0 aromatic heterocycles. The summed E-state index contributed by atoms with van der Waals surface area (Å²) in [6, 6.07) is 8.58. The van der Waals surface area contributed by atoms with Crippen LogP contribution in [0.25, 0.3) is 11.1 Å². The molecule has 0 bridgehead atoms. The molecule has 0 heterocycles. The van der Waals surface area contributed by atoms with Crippen LogP contribution in [-0.2, 0) is 28.7 Å². The van der Waals surface area contributed by atoms with Gasteiger partial charge in [-0.3, -0.25) is 9.80 Å². The van der Waals surface area contributed by atoms with Gasteiger partial charge in [0.15, 0.2) is 0 Å². The highest BCUT2D eigenvalue weighted by Crippen LogP contribution is 2.38. The van der Waals surface area contributed by atoms with Crippen molar-refractivity contribution in [1.82, 2.24) is 9.91 Å². The SMILES string of the molecule is CCOC(=O)Cc1ccc(OC)c(-c2ccc(C(F)(F)F)cc2CN(CC)C(=NC#N)N(N)CC2CC2)c1. The van der Waals surface area contributed by atoms with Crippen molar-refractivity contribution in [1.29, 1.82) is 5.26 Å². The number of guanidine groups is 1. The van der Waals surface area contributed by atoms with Crippen LogP contribution in [0.4, 0.5) is 13.2 Å². The second-order valence-corrected chi connectivity index (χ2v) is 9.01. The van der Waals surface area contributed by atoms with E-state index >= 15 is 0 Å². The van der Waals surface area contributed by atoms with Crippen LogP contribution in [0.3, 0.4) is 0 Å². The van der Waals surface area contributed by atoms with Crippen molar-refractivity contribution in [2.75, 3.05) is 26.8 Å². The molecule has 0 unspecified atom stereocenters. The Labute approximate surface area is 220 Å². The molecule has 1 aliphatic carbocycles. The monoisotopic (exact) mass is 531 g/mol. The van der Waals surface area contributed by atoms with Crippen LogP contribution in [0.5, 0.6) is 5.75 Å². The number of methoxy groups -OCH3 is 1. The van der Waals surface area contributed by atoms with Gasteiger partial charge in [0.1, 0.15) is 5.75 Å². The van der Waals surface area contributed by atoms with Crippen LogP contribution in [0.2, 0.25) is 0 Å². The van der Waals surface area contributed by atoms with Gasteiger partial charge in [-0.1, -0.05) is 12.1 Å². The fourth-order valence-electron chi connectivity index (χ4n) is 4.17. The van der Waals surface area contributed by atoms with Crippen molar-refractivity contribution < 1.29 is 27.4 Å². The molecule has 1 saturated carbocycles. The first-order valence-corrected chi connectivity index (χ1v) is 12.4. The van der Waals surface area contributed by atoms with Gasteiger partial charge < -0.3 is 14.4 Å². The second kappa shape index (κ2) is 12.6. The topological polar surface area (TPSA) is 104 Å². The van der Waals surface area contributed by atoms with Gasteiger partial charge >= 0.3 is 12.1 Å². The summed E-state index contributed by atoms with van der Waals surface area (Å²) in [5.74, 6) is 6.83. The Balaban J connectivity index is 2.08. The highest BCUT2D eigenvalue weighted by molar-refractivity contribution is 5.82. The van der Waals surface area contributed by atoms with Crippen LogP contribution in [-0.4, -0.2) is 48.6 Å². The molecule has 0 radical (unpaired) electrons. The number of esters is 1. The van der Waals surface area contributed by atoms with E-state index in [0.29, 0.717) is 47.0 Å². The van der Waals surface area contributed by atoms with Gasteiger partial charge in [-0.15, -0.1) is 4.99 Å². The second-order valence-electron chi connectivity index (χ2n) is 9.01. The summed E-state index contributed by atoms with van der Waals surface area (Å²) in [5, 5.41) is 10.7. The fourth-order valence-corrected chi connectivity index (χ4v) is 4.17. The fraction of sp³-hybridized carbons (Fsp3) is 0.444. The molecule has 0 spiro atoms. The molecule has 204 valence electrons. The Morgan fingerprint density at radius 3 is 2.50 bits per heavy atom. The lowest BCUT2D eigenvalue weighted by molar-refractivity contribution is -0.142. The average Bonchev–Trinajstić information content (AvgIpc) is 3.69. The third-order valence-corrected chi connectivity index (χ3v) is 6.22. The van der Waals surface area contributed by atoms with Crippen LogP contribution in [0.1, 0.15) is 43.4 Å². The predicted octanol–water partition coefficient (Wildman–Crippen LogP) is 4.73. The number of hydrogen-bond donors (Lipinski definition) is 1. The van der Waals surface area contributed by atoms with Crippen LogP contribution < -0.4 is 10.6 Å². The van der Waals surface area contributed by atoms with Gasteiger partial charge in [0, 0.05) is 25.2 Å². The third-order valence-electron chi connectivity index (χ3n) is 6.22. The molecule has 11 heteroatoms. The number of nitriles is 1. The Morgan fingerprint density at radius 1 is 1.18 bits per heavy atom. The predicted molar refractivity (Wildman–Crippen MR) is 137 cm³/mol. The average molecular weight is 532 g/mol. The van der Waals surface area contributed by atoms with Gasteiger partial charge in [0.2, 0.25) is 12.2 Å². The van der Waals surface area contributed by atoms with Gasteiger partial charge in [-0.05, 0) is 73.6 Å². The van der Waals surface area contributed by atoms with E-state index in [1.54, 1.807) is 36.2 Å². The largest absolute Gasteiger partial charge is 0.496 e. The maximum absolute atomic E-state index is 13.7. The van der Waals surface area contributed by atoms with E-state index in [9.17, 15) is 23.2 Å². The minimum absolute atomic E-state index is 0.000108. The van der Waals surface area contributed by atoms with E-state index < -0.39 is 17.7 Å². The molecule has 2 aromatic carbocycles. The zero-order valence-electron chi connectivity index (χ0n) is 21.7. The number of rotatable bonds is 10. The van der Waals surface area contributed by atoms with Crippen molar-refractivity contribution in [3.05, 3.63) is 53.1 Å². The molecule has 0 saturated heterocycles. The summed E-state index contributed by atoms with van der Waals surface area (Å²) in [5.41, 5.74) is 1.16. The third kappa shape index (κ3) is 7.38. The van der Waals surface area contributed by atoms with Crippen LogP contribution in [0.15, 0.2) is 41.4 Å². The van der Waals surface area contributed by atoms with Crippen molar-refractivity contribution in [3.63, 3.8) is 0 Å². The Kier molecular flexibility index (Phi) is 9.58. The Hall–Kier alpha value is -3.78. The number of hydrazine groups is 1. The summed E-state index contributed by atoms with van der Waals surface area (Å²) in [4.78, 5) is 17.6. The Morgan fingerprint density at radius 2 is 1.92 bits per heavy atom. The number of carbonyl (C=O) groups is 1. The molecule has 0 aliphatic heterocycles. The summed E-state index contributed by atoms with van der Waals surface area (Å²) >= 11 is 0. The zero-order chi connectivity index (χ0) is 27.9. The first-order chi connectivity index (χ1) is 18.1. The minimum atomic E-state index is -4.56. The number of halogens is 3. The number of nitrogens with two attached hydrogens (primary N) is 1. The highest BCUT2D eigenvalue weighted by atomic mass is 19.4. The van der Waals surface area contributed by atoms with E-state index in [1.807, 2.05) is 6.92 Å². The van der Waals surface area contributed by atoms with Crippen LogP contribution >= 0.6 is 0 Å². The van der Waals surface area contributed by atoms with Gasteiger partial charge in [0.05, 0.1) is 25.7 Å². The first-order valence-electron chi connectivity index (χ1n) is 12.4. The zero-order valence-corrected chi connectivity index (χ0v) is 21.7. The molecule has 8 nitrogen and oxygen atoms in total. The molecule has 3 rings (SSSR count). The van der Waals surface area contributed by atoms with Gasteiger partial charge in [-0.25, -0.2) is 5.84 Å². The number of benzene rings is 2. The lowest BCUT2D eigenvalue weighted by atomic mass is 9.94. The van der Waals surface area contributed by atoms with Gasteiger partial charge in [-0.2, -0.15) is 18.4 Å². The van der Waals surface area contributed by atoms with E-state index in [1.165, 1.54) is 18.2 Å². The molecule has 2 aromatic rings. The van der Waals surface area contributed by atoms with Crippen molar-refractivity contribution in [2.45, 2.75) is 45.8 Å². The van der Waals surface area contributed by atoms with Crippen molar-refractivity contribution in [3.8, 4) is 23.1 Å². The number of alkyl halides is 3. The smallest absolute Gasteiger partial charge is 0.416 e. The molecular weight excluding hydrogens is 499 g/mol.